The summed E-state index contributed by atoms with van der Waals surface area (Å²) >= 11 is 6.31. The molecule has 0 bridgehead atoms. The molecule has 0 aromatic heterocycles. The first-order valence-corrected chi connectivity index (χ1v) is 11.3. The summed E-state index contributed by atoms with van der Waals surface area (Å²) in [6.07, 6.45) is 0.968. The SMILES string of the molecule is CCOc1cc(C2C(C(=O)OC)=C(C)NC3=C2C(=O)CC(c2ccccc2)C3)cc(Cl)c1O. The Hall–Kier alpha value is -3.25. The second kappa shape index (κ2) is 9.32. The van der Waals surface area contributed by atoms with Gasteiger partial charge in [0.1, 0.15) is 0 Å². The Morgan fingerprint density at radius 3 is 2.58 bits per heavy atom. The lowest BCUT2D eigenvalue weighted by molar-refractivity contribution is -0.136. The molecule has 0 amide bonds. The van der Waals surface area contributed by atoms with Crippen molar-refractivity contribution in [2.75, 3.05) is 13.7 Å². The molecule has 2 aromatic rings. The van der Waals surface area contributed by atoms with E-state index in [1.165, 1.54) is 7.11 Å². The van der Waals surface area contributed by atoms with Gasteiger partial charge in [-0.3, -0.25) is 4.79 Å². The molecular formula is C26H26ClNO5. The summed E-state index contributed by atoms with van der Waals surface area (Å²) in [6.45, 7) is 3.92. The maximum absolute atomic E-state index is 13.5. The third kappa shape index (κ3) is 4.23. The zero-order valence-corrected chi connectivity index (χ0v) is 19.5. The number of phenols is 1. The Labute approximate surface area is 197 Å². The minimum Gasteiger partial charge on any atom is -0.503 e. The Kier molecular flexibility index (Phi) is 6.47. The van der Waals surface area contributed by atoms with Gasteiger partial charge in [0.2, 0.25) is 0 Å². The molecule has 4 rings (SSSR count). The number of carbonyl (C=O) groups is 2. The van der Waals surface area contributed by atoms with Crippen LogP contribution in [0.4, 0.5) is 0 Å². The molecule has 2 aromatic carbocycles. The number of allylic oxidation sites excluding steroid dienone is 3. The van der Waals surface area contributed by atoms with Gasteiger partial charge in [-0.2, -0.15) is 0 Å². The minimum atomic E-state index is -0.685. The van der Waals surface area contributed by atoms with Crippen molar-refractivity contribution >= 4 is 23.4 Å². The van der Waals surface area contributed by atoms with E-state index in [4.69, 9.17) is 21.1 Å². The number of Topliss-reactive ketones (excluding diaryl/α,β-unsaturated/α-hetero) is 1. The molecule has 172 valence electrons. The molecule has 0 fully saturated rings. The van der Waals surface area contributed by atoms with E-state index in [9.17, 15) is 14.7 Å². The zero-order chi connectivity index (χ0) is 23.7. The average molecular weight is 468 g/mol. The van der Waals surface area contributed by atoms with Crippen LogP contribution in [0.25, 0.3) is 0 Å². The van der Waals surface area contributed by atoms with Crippen LogP contribution in [0.3, 0.4) is 0 Å². The number of halogens is 1. The lowest BCUT2D eigenvalue weighted by Crippen LogP contribution is -2.36. The van der Waals surface area contributed by atoms with Gasteiger partial charge in [-0.25, -0.2) is 4.79 Å². The molecule has 2 atom stereocenters. The van der Waals surface area contributed by atoms with Gasteiger partial charge in [-0.05, 0) is 49.4 Å². The van der Waals surface area contributed by atoms with E-state index in [1.54, 1.807) is 26.0 Å². The smallest absolute Gasteiger partial charge is 0.336 e. The molecule has 2 N–H and O–H groups in total. The van der Waals surface area contributed by atoms with Crippen LogP contribution in [0.1, 0.15) is 49.7 Å². The van der Waals surface area contributed by atoms with E-state index < -0.39 is 11.9 Å². The first-order valence-electron chi connectivity index (χ1n) is 10.9. The summed E-state index contributed by atoms with van der Waals surface area (Å²) in [5, 5.41) is 13.7. The first kappa shape index (κ1) is 22.9. The number of hydrogen-bond acceptors (Lipinski definition) is 6. The summed E-state index contributed by atoms with van der Waals surface area (Å²) in [4.78, 5) is 26.4. The summed E-state index contributed by atoms with van der Waals surface area (Å²) in [6, 6.07) is 13.2. The van der Waals surface area contributed by atoms with E-state index in [-0.39, 0.29) is 28.2 Å². The van der Waals surface area contributed by atoms with Gasteiger partial charge < -0.3 is 19.9 Å². The Morgan fingerprint density at radius 1 is 1.18 bits per heavy atom. The van der Waals surface area contributed by atoms with Crippen molar-refractivity contribution < 1.29 is 24.2 Å². The molecule has 7 heteroatoms. The van der Waals surface area contributed by atoms with Gasteiger partial charge >= 0.3 is 5.97 Å². The monoisotopic (exact) mass is 467 g/mol. The second-order valence-corrected chi connectivity index (χ2v) is 8.61. The van der Waals surface area contributed by atoms with Crippen molar-refractivity contribution in [1.82, 2.24) is 5.32 Å². The van der Waals surface area contributed by atoms with Crippen molar-refractivity contribution in [1.29, 1.82) is 0 Å². The second-order valence-electron chi connectivity index (χ2n) is 8.20. The average Bonchev–Trinajstić information content (AvgIpc) is 2.81. The molecule has 6 nitrogen and oxygen atoms in total. The summed E-state index contributed by atoms with van der Waals surface area (Å²) < 4.78 is 10.6. The highest BCUT2D eigenvalue weighted by Gasteiger charge is 2.41. The van der Waals surface area contributed by atoms with Gasteiger partial charge in [0.25, 0.3) is 0 Å². The maximum atomic E-state index is 13.5. The Balaban J connectivity index is 1.86. The van der Waals surface area contributed by atoms with E-state index in [1.807, 2.05) is 30.3 Å². The number of aromatic hydroxyl groups is 1. The zero-order valence-electron chi connectivity index (χ0n) is 18.8. The van der Waals surface area contributed by atoms with Gasteiger partial charge in [0, 0.05) is 29.3 Å². The molecule has 0 saturated carbocycles. The third-order valence-corrected chi connectivity index (χ3v) is 6.48. The molecule has 1 aliphatic heterocycles. The van der Waals surface area contributed by atoms with E-state index in [2.05, 4.69) is 5.32 Å². The van der Waals surface area contributed by atoms with Crippen LogP contribution in [0, 0.1) is 0 Å². The van der Waals surface area contributed by atoms with Crippen molar-refractivity contribution in [3.05, 3.63) is 81.2 Å². The quantitative estimate of drug-likeness (QED) is 0.603. The van der Waals surface area contributed by atoms with Gasteiger partial charge in [-0.15, -0.1) is 0 Å². The number of nitrogens with one attached hydrogen (secondary N) is 1. The Morgan fingerprint density at radius 2 is 1.91 bits per heavy atom. The minimum absolute atomic E-state index is 0.0421. The largest absolute Gasteiger partial charge is 0.503 e. The number of methoxy groups -OCH3 is 1. The number of phenolic OH excluding ortho intramolecular Hbond substituents is 1. The highest BCUT2D eigenvalue weighted by atomic mass is 35.5. The fraction of sp³-hybridized carbons (Fsp3) is 0.308. The van der Waals surface area contributed by atoms with Crippen molar-refractivity contribution in [2.45, 2.75) is 38.5 Å². The number of esters is 1. The molecule has 33 heavy (non-hydrogen) atoms. The highest BCUT2D eigenvalue weighted by molar-refractivity contribution is 6.32. The highest BCUT2D eigenvalue weighted by Crippen LogP contribution is 2.48. The van der Waals surface area contributed by atoms with Crippen LogP contribution in [-0.4, -0.2) is 30.6 Å². The van der Waals surface area contributed by atoms with Crippen molar-refractivity contribution in [2.24, 2.45) is 0 Å². The van der Waals surface area contributed by atoms with Crippen LogP contribution < -0.4 is 10.1 Å². The molecule has 2 aliphatic rings. The third-order valence-electron chi connectivity index (χ3n) is 6.19. The van der Waals surface area contributed by atoms with E-state index in [0.29, 0.717) is 41.9 Å². The first-order chi connectivity index (χ1) is 15.8. The predicted octanol–water partition coefficient (Wildman–Crippen LogP) is 4.98. The van der Waals surface area contributed by atoms with Crippen LogP contribution in [0.5, 0.6) is 11.5 Å². The lowest BCUT2D eigenvalue weighted by Gasteiger charge is -2.36. The lowest BCUT2D eigenvalue weighted by atomic mass is 9.71. The number of rotatable bonds is 5. The summed E-state index contributed by atoms with van der Waals surface area (Å²) in [5.74, 6) is -1.19. The van der Waals surface area contributed by atoms with Crippen molar-refractivity contribution in [3.8, 4) is 11.5 Å². The number of carbonyl (C=O) groups excluding carboxylic acids is 2. The number of ether oxygens (including phenoxy) is 2. The standard InChI is InChI=1S/C26H26ClNO5/c1-4-33-21-13-17(10-18(27)25(21)30)23-22(26(31)32-3)14(2)28-19-11-16(12-20(29)24(19)23)15-8-6-5-7-9-15/h5-10,13,16,23,28,30H,4,11-12H2,1-3H3. The fourth-order valence-corrected chi connectivity index (χ4v) is 4.96. The van der Waals surface area contributed by atoms with Gasteiger partial charge in [-0.1, -0.05) is 41.9 Å². The normalized spacial score (nSPS) is 20.3. The summed E-state index contributed by atoms with van der Waals surface area (Å²) in [7, 11) is 1.31. The van der Waals surface area contributed by atoms with E-state index in [0.717, 1.165) is 11.3 Å². The molecule has 0 saturated heterocycles. The molecule has 2 unspecified atom stereocenters. The molecule has 0 spiro atoms. The maximum Gasteiger partial charge on any atom is 0.336 e. The number of dihydropyridines is 1. The van der Waals surface area contributed by atoms with Crippen LogP contribution in [-0.2, 0) is 14.3 Å². The van der Waals surface area contributed by atoms with Crippen LogP contribution in [0.2, 0.25) is 5.02 Å². The van der Waals surface area contributed by atoms with Crippen LogP contribution >= 0.6 is 11.6 Å². The topological polar surface area (TPSA) is 84.9 Å². The van der Waals surface area contributed by atoms with Crippen molar-refractivity contribution in [3.63, 3.8) is 0 Å². The molecule has 1 heterocycles. The number of hydrogen-bond donors (Lipinski definition) is 2. The molecule has 0 radical (unpaired) electrons. The number of benzene rings is 2. The van der Waals surface area contributed by atoms with Crippen LogP contribution in [0.15, 0.2) is 65.0 Å². The number of ketones is 1. The van der Waals surface area contributed by atoms with Gasteiger partial charge in [0.15, 0.2) is 17.3 Å². The summed E-state index contributed by atoms with van der Waals surface area (Å²) in [5.41, 5.74) is 3.96. The predicted molar refractivity (Wildman–Crippen MR) is 125 cm³/mol. The fourth-order valence-electron chi connectivity index (χ4n) is 4.74. The molecule has 1 aliphatic carbocycles. The molecular weight excluding hydrogens is 442 g/mol. The van der Waals surface area contributed by atoms with Gasteiger partial charge in [0.05, 0.1) is 24.3 Å². The van der Waals surface area contributed by atoms with E-state index >= 15 is 0 Å². The Bertz CT molecular complexity index is 1170.